The van der Waals surface area contributed by atoms with Crippen LogP contribution in [0.1, 0.15) is 13.8 Å². The van der Waals surface area contributed by atoms with Crippen LogP contribution in [-0.4, -0.2) is 380 Å². The Labute approximate surface area is 475 Å². The average Bonchev–Trinajstić information content (AvgIpc) is 3.63. The van der Waals surface area contributed by atoms with Crippen LogP contribution in [0.15, 0.2) is 0 Å². The highest BCUT2D eigenvalue weighted by atomic mass is 16.8. The number of carbonyl (C=O) groups is 2. The van der Waals surface area contributed by atoms with Crippen molar-refractivity contribution in [3.63, 3.8) is 0 Å². The summed E-state index contributed by atoms with van der Waals surface area (Å²) in [5.41, 5.74) is 0. The lowest BCUT2D eigenvalue weighted by Crippen LogP contribution is -2.70. The third kappa shape index (κ3) is 14.9. The van der Waals surface area contributed by atoms with E-state index in [1.54, 1.807) is 0 Å². The second-order valence-electron chi connectivity index (χ2n) is 21.1. The molecule has 2 amide bonds. The lowest BCUT2D eigenvalue weighted by molar-refractivity contribution is -0.384. The summed E-state index contributed by atoms with van der Waals surface area (Å²) in [6.07, 6.45) is -64.2. The van der Waals surface area contributed by atoms with Crippen molar-refractivity contribution in [2.24, 2.45) is 0 Å². The minimum absolute atomic E-state index is 0.720. The van der Waals surface area contributed by atoms with E-state index in [1.165, 1.54) is 0 Å². The average molecular weight is 1240 g/mol. The van der Waals surface area contributed by atoms with Crippen molar-refractivity contribution in [3.8, 4) is 0 Å². The number of hydrogen-bond donors (Lipinski definition) is 23. The molecule has 0 aromatic rings. The molecule has 0 spiro atoms. The van der Waals surface area contributed by atoms with Gasteiger partial charge in [0, 0.05) is 13.8 Å². The Kier molecular flexibility index (Phi) is 24.6. The van der Waals surface area contributed by atoms with Crippen molar-refractivity contribution in [1.82, 2.24) is 10.6 Å². The van der Waals surface area contributed by atoms with Gasteiger partial charge in [0.25, 0.3) is 0 Å². The first-order valence-electron chi connectivity index (χ1n) is 26.6. The molecular formula is C46H78N2O36. The van der Waals surface area contributed by atoms with E-state index < -0.39 is 273 Å². The first-order valence-corrected chi connectivity index (χ1v) is 26.6. The second kappa shape index (κ2) is 29.9. The third-order valence-corrected chi connectivity index (χ3v) is 15.3. The van der Waals surface area contributed by atoms with Crippen LogP contribution >= 0.6 is 0 Å². The van der Waals surface area contributed by atoms with Gasteiger partial charge in [-0.2, -0.15) is 0 Å². The van der Waals surface area contributed by atoms with Crippen molar-refractivity contribution in [2.75, 3.05) is 46.2 Å². The molecular weight excluding hydrogens is 1160 g/mol. The summed E-state index contributed by atoms with van der Waals surface area (Å²) in [5, 5.41) is 230. The molecule has 0 aromatic carbocycles. The molecule has 1 unspecified atom stereocenters. The Bertz CT molecular complexity index is 2060. The van der Waals surface area contributed by atoms with Gasteiger partial charge in [-0.15, -0.1) is 0 Å². The van der Waals surface area contributed by atoms with Crippen molar-refractivity contribution in [3.05, 3.63) is 0 Å². The fourth-order valence-electron chi connectivity index (χ4n) is 10.6. The number of amides is 2. The summed E-state index contributed by atoms with van der Waals surface area (Å²) in [6.45, 7) is -4.69. The predicted molar refractivity (Wildman–Crippen MR) is 255 cm³/mol. The highest BCUT2D eigenvalue weighted by molar-refractivity contribution is 5.73. The molecule has 0 saturated carbocycles. The maximum Gasteiger partial charge on any atom is 0.217 e. The summed E-state index contributed by atoms with van der Waals surface area (Å²) in [4.78, 5) is 24.4. The van der Waals surface area contributed by atoms with Gasteiger partial charge in [0.05, 0.1) is 46.2 Å². The number of aliphatic hydroxyl groups is 21. The molecule has 7 rings (SSSR count). The molecule has 0 aliphatic carbocycles. The number of rotatable bonds is 22. The maximum atomic E-state index is 12.5. The minimum atomic E-state index is -2.29. The lowest BCUT2D eigenvalue weighted by atomic mass is 9.94. The number of aliphatic hydroxyl groups excluding tert-OH is 21. The molecule has 23 N–H and O–H groups in total. The summed E-state index contributed by atoms with van der Waals surface area (Å²) >= 11 is 0. The van der Waals surface area contributed by atoms with E-state index in [-0.39, 0.29) is 0 Å². The van der Waals surface area contributed by atoms with Gasteiger partial charge in [-0.1, -0.05) is 0 Å². The van der Waals surface area contributed by atoms with E-state index in [0.29, 0.717) is 0 Å². The molecule has 0 radical (unpaired) electrons. The van der Waals surface area contributed by atoms with Crippen molar-refractivity contribution in [2.45, 2.75) is 229 Å². The highest BCUT2D eigenvalue weighted by Gasteiger charge is 2.58. The van der Waals surface area contributed by atoms with E-state index in [2.05, 4.69) is 10.6 Å². The van der Waals surface area contributed by atoms with Crippen LogP contribution < -0.4 is 10.6 Å². The summed E-state index contributed by atoms with van der Waals surface area (Å²) < 4.78 is 74.2. The van der Waals surface area contributed by atoms with Gasteiger partial charge in [0.2, 0.25) is 11.8 Å². The Hall–Kier alpha value is -2.42. The molecule has 7 aliphatic heterocycles. The van der Waals surface area contributed by atoms with E-state index in [4.69, 9.17) is 61.6 Å². The SMILES string of the molecule is CC(=O)N[C@H]1[C@H](O[C@H]2[C@H](O)[C@@H](NC(C)=O)C(O)O[C@@H]2CO)O[C@H](CO)[C@@H](O[C@@H]2O[C@H](CO[C@H]3O[C@H](CO[C@H]4O[C@H](CO)[C@@H](O)[C@H](O)[C@@H]4O)[C@@H](O)[C@H](O[C@H]4O[C@H](CO)[C@@H](O)[C@H](O)[C@@H]4O[C@H]4O[C@@H]([C@H](O)CO)[C@H](O)[C@H]4O)[C@@H]3O)[C@@H](O)[C@H](O)[C@@H]2O)[C@@H]1O. The van der Waals surface area contributed by atoms with E-state index in [9.17, 15) is 117 Å². The van der Waals surface area contributed by atoms with Gasteiger partial charge in [0.1, 0.15) is 171 Å². The van der Waals surface area contributed by atoms with Crippen LogP contribution in [0.5, 0.6) is 0 Å². The van der Waals surface area contributed by atoms with Gasteiger partial charge < -0.3 is 179 Å². The Morgan fingerprint density at radius 3 is 1.32 bits per heavy atom. The van der Waals surface area contributed by atoms with Crippen LogP contribution in [-0.2, 0) is 71.2 Å². The van der Waals surface area contributed by atoms with Gasteiger partial charge in [0.15, 0.2) is 44.0 Å². The van der Waals surface area contributed by atoms with Crippen molar-refractivity contribution >= 4 is 11.8 Å². The van der Waals surface area contributed by atoms with Crippen molar-refractivity contribution in [1.29, 1.82) is 0 Å². The Morgan fingerprint density at radius 2 is 0.762 bits per heavy atom. The second-order valence-corrected chi connectivity index (χ2v) is 21.1. The normalized spacial score (nSPS) is 49.7. The van der Waals surface area contributed by atoms with Crippen LogP contribution in [0.4, 0.5) is 0 Å². The highest BCUT2D eigenvalue weighted by Crippen LogP contribution is 2.37. The Morgan fingerprint density at radius 1 is 0.369 bits per heavy atom. The smallest absolute Gasteiger partial charge is 0.217 e. The molecule has 7 fully saturated rings. The molecule has 0 bridgehead atoms. The largest absolute Gasteiger partial charge is 0.394 e. The zero-order valence-electron chi connectivity index (χ0n) is 44.7. The topological polar surface area (TPSA) is 603 Å². The van der Waals surface area contributed by atoms with Gasteiger partial charge in [-0.3, -0.25) is 9.59 Å². The standard InChI is InChI=1S/C46H78N2O36/c1-10(54)47-19-25(61)36(15(6-52)74-40(19)71)81-41-20(48-11(2)55)26(62)37(16(7-53)77-41)82-44-32(68)28(64)23(59)17(79-44)8-73-43-34(70)38(24(60)18(78-43)9-72-42-31(67)27(63)21(57)13(4-50)75-42)83-46-39(29(65)22(58)14(5-51)76-46)84-45-33(69)30(66)35(80-45)12(56)3-49/h12-46,49-53,56-71H,3-9H2,1-2H3,(H,47,54)(H,48,55)/t12-,13-,14-,15-,16-,17-,18-,19-,20-,21-,22-,23-,24-,25-,26-,27+,28+,29+,30-,31+,32+,33-,34+,35+,36-,37-,38+,39+,40?,41+,42+,43+,44+,45-,46-/m1/s1. The summed E-state index contributed by atoms with van der Waals surface area (Å²) in [7, 11) is 0. The van der Waals surface area contributed by atoms with Crippen LogP contribution in [0.3, 0.4) is 0 Å². The van der Waals surface area contributed by atoms with Gasteiger partial charge in [-0.25, -0.2) is 0 Å². The fraction of sp³-hybridized carbons (Fsp3) is 0.957. The fourth-order valence-corrected chi connectivity index (χ4v) is 10.6. The summed E-state index contributed by atoms with van der Waals surface area (Å²) in [5.74, 6) is -1.55. The zero-order valence-corrected chi connectivity index (χ0v) is 44.7. The first kappa shape index (κ1) is 69.1. The molecule has 84 heavy (non-hydrogen) atoms. The third-order valence-electron chi connectivity index (χ3n) is 15.3. The molecule has 35 atom stereocenters. The predicted octanol–water partition coefficient (Wildman–Crippen LogP) is -16.0. The number of nitrogens with one attached hydrogen (secondary N) is 2. The van der Waals surface area contributed by atoms with Crippen LogP contribution in [0.2, 0.25) is 0 Å². The molecule has 488 valence electrons. The first-order chi connectivity index (χ1) is 39.7. The van der Waals surface area contributed by atoms with Crippen LogP contribution in [0, 0.1) is 0 Å². The minimum Gasteiger partial charge on any atom is -0.394 e. The lowest BCUT2D eigenvalue weighted by Gasteiger charge is -2.49. The number of carbonyl (C=O) groups excluding carboxylic acids is 2. The number of hydrogen-bond acceptors (Lipinski definition) is 36. The van der Waals surface area contributed by atoms with E-state index in [0.717, 1.165) is 13.8 Å². The van der Waals surface area contributed by atoms with Gasteiger partial charge >= 0.3 is 0 Å². The zero-order chi connectivity index (χ0) is 61.9. The quantitative estimate of drug-likeness (QED) is 0.0479. The van der Waals surface area contributed by atoms with E-state index in [1.807, 2.05) is 0 Å². The van der Waals surface area contributed by atoms with Crippen molar-refractivity contribution < 1.29 is 178 Å². The van der Waals surface area contributed by atoms with Gasteiger partial charge in [-0.05, 0) is 0 Å². The molecule has 7 saturated heterocycles. The molecule has 38 nitrogen and oxygen atoms in total. The summed E-state index contributed by atoms with van der Waals surface area (Å²) in [6, 6.07) is -3.27. The molecule has 7 heterocycles. The van der Waals surface area contributed by atoms with E-state index >= 15 is 0 Å². The Balaban J connectivity index is 1.11. The molecule has 0 aromatic heterocycles. The van der Waals surface area contributed by atoms with Crippen LogP contribution in [0.25, 0.3) is 0 Å². The monoisotopic (exact) mass is 1230 g/mol. The molecule has 38 heteroatoms. The maximum absolute atomic E-state index is 12.5. The number of ether oxygens (including phenoxy) is 13. The molecule has 7 aliphatic rings.